The maximum Gasteiger partial charge on any atom is 0.240 e. The van der Waals surface area contributed by atoms with E-state index < -0.39 is 0 Å². The van der Waals surface area contributed by atoms with E-state index in [2.05, 4.69) is 27.1 Å². The summed E-state index contributed by atoms with van der Waals surface area (Å²) in [6.07, 6.45) is 3.95. The molecule has 8 heteroatoms. The van der Waals surface area contributed by atoms with Gasteiger partial charge in [-0.3, -0.25) is 9.58 Å². The zero-order valence-corrected chi connectivity index (χ0v) is 12.9. The van der Waals surface area contributed by atoms with Gasteiger partial charge in [0.15, 0.2) is 5.82 Å². The third-order valence-corrected chi connectivity index (χ3v) is 3.64. The van der Waals surface area contributed by atoms with Crippen LogP contribution in [0.5, 0.6) is 0 Å². The molecule has 1 aliphatic heterocycles. The molecule has 1 aliphatic rings. The summed E-state index contributed by atoms with van der Waals surface area (Å²) in [6, 6.07) is 0. The number of rotatable bonds is 6. The highest BCUT2D eigenvalue weighted by Crippen LogP contribution is 2.22. The molecule has 22 heavy (non-hydrogen) atoms. The zero-order chi connectivity index (χ0) is 15.4. The smallest absolute Gasteiger partial charge is 0.240 e. The Morgan fingerprint density at radius 3 is 3.14 bits per heavy atom. The average Bonchev–Trinajstić information content (AvgIpc) is 3.17. The van der Waals surface area contributed by atoms with Crippen LogP contribution >= 0.6 is 0 Å². The first kappa shape index (κ1) is 15.1. The van der Waals surface area contributed by atoms with Crippen LogP contribution in [-0.4, -0.2) is 51.6 Å². The molecule has 120 valence electrons. The number of hydrogen-bond donors (Lipinski definition) is 0. The summed E-state index contributed by atoms with van der Waals surface area (Å²) in [6.45, 7) is 6.24. The lowest BCUT2D eigenvalue weighted by molar-refractivity contribution is -0.0356. The first-order valence-corrected chi connectivity index (χ1v) is 7.45. The number of morpholine rings is 1. The molecule has 0 amide bonds. The molecule has 0 aromatic carbocycles. The summed E-state index contributed by atoms with van der Waals surface area (Å²) in [5.41, 5.74) is 1.11. The Morgan fingerprint density at radius 2 is 2.36 bits per heavy atom. The Morgan fingerprint density at radius 1 is 1.45 bits per heavy atom. The number of methoxy groups -OCH3 is 1. The lowest BCUT2D eigenvalue weighted by Gasteiger charge is -2.31. The van der Waals surface area contributed by atoms with Crippen molar-refractivity contribution >= 4 is 0 Å². The number of ether oxygens (including phenoxy) is 2. The number of aryl methyl sites for hydroxylation is 1. The second-order valence-electron chi connectivity index (χ2n) is 5.26. The van der Waals surface area contributed by atoms with Crippen molar-refractivity contribution < 1.29 is 14.0 Å². The molecule has 0 N–H and O–H groups in total. The van der Waals surface area contributed by atoms with Crippen molar-refractivity contribution in [2.24, 2.45) is 0 Å². The van der Waals surface area contributed by atoms with Gasteiger partial charge in [0.2, 0.25) is 5.89 Å². The fraction of sp³-hybridized carbons (Fsp3) is 0.643. The zero-order valence-electron chi connectivity index (χ0n) is 12.9. The lowest BCUT2D eigenvalue weighted by Crippen LogP contribution is -2.37. The standard InChI is InChI=1S/C14H21N5O3/c1-3-19-7-11(6-15-19)12-8-18(4-5-21-12)9-14-16-13(10-20-2)17-22-14/h6-7,12H,3-5,8-10H2,1-2H3. The first-order valence-electron chi connectivity index (χ1n) is 7.45. The van der Waals surface area contributed by atoms with Crippen molar-refractivity contribution in [2.45, 2.75) is 32.7 Å². The number of aromatic nitrogens is 4. The Balaban J connectivity index is 1.60. The molecule has 0 bridgehead atoms. The fourth-order valence-corrected chi connectivity index (χ4v) is 2.50. The minimum Gasteiger partial charge on any atom is -0.377 e. The third-order valence-electron chi connectivity index (χ3n) is 3.64. The van der Waals surface area contributed by atoms with E-state index >= 15 is 0 Å². The Labute approximate surface area is 129 Å². The summed E-state index contributed by atoms with van der Waals surface area (Å²) < 4.78 is 18.0. The van der Waals surface area contributed by atoms with Crippen LogP contribution in [0.15, 0.2) is 16.9 Å². The van der Waals surface area contributed by atoms with Gasteiger partial charge in [-0.25, -0.2) is 0 Å². The maximum atomic E-state index is 5.85. The average molecular weight is 307 g/mol. The van der Waals surface area contributed by atoms with Crippen molar-refractivity contribution in [1.29, 1.82) is 0 Å². The van der Waals surface area contributed by atoms with E-state index in [0.717, 1.165) is 25.2 Å². The number of nitrogens with zero attached hydrogens (tertiary/aromatic N) is 5. The van der Waals surface area contributed by atoms with E-state index in [1.54, 1.807) is 7.11 Å². The molecule has 0 radical (unpaired) electrons. The minimum absolute atomic E-state index is 0.0374. The molecule has 1 saturated heterocycles. The molecular weight excluding hydrogens is 286 g/mol. The van der Waals surface area contributed by atoms with Gasteiger partial charge in [-0.05, 0) is 6.92 Å². The minimum atomic E-state index is 0.0374. The molecule has 3 rings (SSSR count). The van der Waals surface area contributed by atoms with E-state index in [9.17, 15) is 0 Å². The Hall–Kier alpha value is -1.77. The van der Waals surface area contributed by atoms with Crippen LogP contribution in [0.25, 0.3) is 0 Å². The highest BCUT2D eigenvalue weighted by atomic mass is 16.5. The fourth-order valence-electron chi connectivity index (χ4n) is 2.50. The second-order valence-corrected chi connectivity index (χ2v) is 5.26. The van der Waals surface area contributed by atoms with E-state index in [0.29, 0.717) is 31.5 Å². The van der Waals surface area contributed by atoms with Crippen LogP contribution in [0.4, 0.5) is 0 Å². The molecule has 1 fully saturated rings. The SMILES string of the molecule is CCn1cc(C2CN(Cc3nc(COC)no3)CCO2)cn1. The van der Waals surface area contributed by atoms with Crippen LogP contribution in [-0.2, 0) is 29.2 Å². The molecule has 0 spiro atoms. The predicted molar refractivity (Wildman–Crippen MR) is 76.9 cm³/mol. The van der Waals surface area contributed by atoms with Gasteiger partial charge in [0.25, 0.3) is 0 Å². The second kappa shape index (κ2) is 6.99. The molecular formula is C14H21N5O3. The van der Waals surface area contributed by atoms with E-state index in [-0.39, 0.29) is 6.10 Å². The van der Waals surface area contributed by atoms with Gasteiger partial charge in [-0.2, -0.15) is 10.1 Å². The summed E-state index contributed by atoms with van der Waals surface area (Å²) in [5, 5.41) is 8.19. The van der Waals surface area contributed by atoms with Crippen molar-refractivity contribution in [3.8, 4) is 0 Å². The molecule has 3 heterocycles. The first-order chi connectivity index (χ1) is 10.8. The highest BCUT2D eigenvalue weighted by molar-refractivity contribution is 5.09. The van der Waals surface area contributed by atoms with Gasteiger partial charge in [0.05, 0.1) is 25.5 Å². The molecule has 0 aliphatic carbocycles. The molecule has 2 aromatic rings. The van der Waals surface area contributed by atoms with Crippen molar-refractivity contribution in [2.75, 3.05) is 26.8 Å². The monoisotopic (exact) mass is 307 g/mol. The van der Waals surface area contributed by atoms with Crippen molar-refractivity contribution in [3.05, 3.63) is 29.7 Å². The third kappa shape index (κ3) is 3.52. The summed E-state index contributed by atoms with van der Waals surface area (Å²) in [7, 11) is 1.61. The van der Waals surface area contributed by atoms with Gasteiger partial charge >= 0.3 is 0 Å². The Kier molecular flexibility index (Phi) is 4.81. The normalized spacial score (nSPS) is 19.6. The van der Waals surface area contributed by atoms with E-state index in [4.69, 9.17) is 14.0 Å². The van der Waals surface area contributed by atoms with Crippen LogP contribution in [0.2, 0.25) is 0 Å². The van der Waals surface area contributed by atoms with Crippen LogP contribution in [0.3, 0.4) is 0 Å². The molecule has 8 nitrogen and oxygen atoms in total. The maximum absolute atomic E-state index is 5.85. The van der Waals surface area contributed by atoms with Crippen LogP contribution in [0.1, 0.15) is 30.3 Å². The van der Waals surface area contributed by atoms with E-state index in [1.165, 1.54) is 0 Å². The topological polar surface area (TPSA) is 78.4 Å². The lowest BCUT2D eigenvalue weighted by atomic mass is 10.1. The summed E-state index contributed by atoms with van der Waals surface area (Å²) >= 11 is 0. The van der Waals surface area contributed by atoms with Crippen molar-refractivity contribution in [1.82, 2.24) is 24.8 Å². The van der Waals surface area contributed by atoms with Gasteiger partial charge in [0.1, 0.15) is 6.61 Å². The van der Waals surface area contributed by atoms with Crippen LogP contribution in [0, 0.1) is 0 Å². The van der Waals surface area contributed by atoms with Gasteiger partial charge in [-0.1, -0.05) is 5.16 Å². The van der Waals surface area contributed by atoms with Gasteiger partial charge < -0.3 is 14.0 Å². The molecule has 0 saturated carbocycles. The highest BCUT2D eigenvalue weighted by Gasteiger charge is 2.24. The quantitative estimate of drug-likeness (QED) is 0.788. The molecule has 1 unspecified atom stereocenters. The van der Waals surface area contributed by atoms with Gasteiger partial charge in [-0.15, -0.1) is 0 Å². The summed E-state index contributed by atoms with van der Waals surface area (Å²) in [4.78, 5) is 6.56. The van der Waals surface area contributed by atoms with Crippen LogP contribution < -0.4 is 0 Å². The largest absolute Gasteiger partial charge is 0.377 e. The van der Waals surface area contributed by atoms with Crippen molar-refractivity contribution in [3.63, 3.8) is 0 Å². The number of hydrogen-bond acceptors (Lipinski definition) is 7. The van der Waals surface area contributed by atoms with E-state index in [1.807, 2.05) is 17.1 Å². The van der Waals surface area contributed by atoms with Gasteiger partial charge in [0, 0.05) is 38.5 Å². The molecule has 1 atom stereocenters. The predicted octanol–water partition coefficient (Wildman–Crippen LogP) is 1.01. The molecule has 2 aromatic heterocycles. The summed E-state index contributed by atoms with van der Waals surface area (Å²) in [5.74, 6) is 1.18. The Bertz CT molecular complexity index is 597.